The quantitative estimate of drug-likeness (QED) is 0.526. The highest BCUT2D eigenvalue weighted by molar-refractivity contribution is 5.91. The van der Waals surface area contributed by atoms with Gasteiger partial charge in [0, 0.05) is 13.8 Å². The van der Waals surface area contributed by atoms with Crippen LogP contribution in [-0.2, 0) is 14.4 Å². The summed E-state index contributed by atoms with van der Waals surface area (Å²) in [6, 6.07) is 0. The zero-order chi connectivity index (χ0) is 8.15. The Morgan fingerprint density at radius 1 is 1.30 bits per heavy atom. The summed E-state index contributed by atoms with van der Waals surface area (Å²) in [5.41, 5.74) is 0. The molecule has 4 heteroatoms. The maximum atomic E-state index is 10.6. The minimum absolute atomic E-state index is 0.319. The summed E-state index contributed by atoms with van der Waals surface area (Å²) >= 11 is 0. The molecule has 0 rings (SSSR count). The molecule has 0 aromatic heterocycles. The SMILES string of the molecule is CCON(C(C)=O)C(C)=O. The van der Waals surface area contributed by atoms with Crippen molar-refractivity contribution in [2.45, 2.75) is 20.8 Å². The van der Waals surface area contributed by atoms with Crippen molar-refractivity contribution in [2.75, 3.05) is 6.61 Å². The summed E-state index contributed by atoms with van der Waals surface area (Å²) in [7, 11) is 0. The maximum absolute atomic E-state index is 10.6. The van der Waals surface area contributed by atoms with E-state index in [4.69, 9.17) is 4.84 Å². The first-order chi connectivity index (χ1) is 4.59. The van der Waals surface area contributed by atoms with Gasteiger partial charge in [0.15, 0.2) is 0 Å². The van der Waals surface area contributed by atoms with Gasteiger partial charge in [0.2, 0.25) is 11.8 Å². The van der Waals surface area contributed by atoms with Crippen molar-refractivity contribution in [3.63, 3.8) is 0 Å². The third kappa shape index (κ3) is 2.59. The largest absolute Gasteiger partial charge is 0.272 e. The van der Waals surface area contributed by atoms with Crippen molar-refractivity contribution in [3.8, 4) is 0 Å². The Morgan fingerprint density at radius 2 is 1.70 bits per heavy atom. The maximum Gasteiger partial charge on any atom is 0.250 e. The Kier molecular flexibility index (Phi) is 3.64. The minimum Gasteiger partial charge on any atom is -0.272 e. The van der Waals surface area contributed by atoms with Gasteiger partial charge in [0.1, 0.15) is 0 Å². The molecule has 0 bridgehead atoms. The van der Waals surface area contributed by atoms with Gasteiger partial charge in [-0.3, -0.25) is 14.4 Å². The second-order valence-corrected chi connectivity index (χ2v) is 1.75. The lowest BCUT2D eigenvalue weighted by Crippen LogP contribution is -2.33. The van der Waals surface area contributed by atoms with Gasteiger partial charge >= 0.3 is 0 Å². The van der Waals surface area contributed by atoms with Crippen LogP contribution in [0.25, 0.3) is 0 Å². The number of carbonyl (C=O) groups excluding carboxylic acids is 2. The Bertz CT molecular complexity index is 130. The Morgan fingerprint density at radius 3 is 1.80 bits per heavy atom. The van der Waals surface area contributed by atoms with E-state index >= 15 is 0 Å². The fourth-order valence-electron chi connectivity index (χ4n) is 0.533. The lowest BCUT2D eigenvalue weighted by Gasteiger charge is -2.13. The van der Waals surface area contributed by atoms with Gasteiger partial charge in [-0.2, -0.15) is 5.06 Å². The molecule has 0 spiro atoms. The van der Waals surface area contributed by atoms with E-state index in [1.165, 1.54) is 13.8 Å². The molecule has 0 unspecified atom stereocenters. The number of rotatable bonds is 2. The normalized spacial score (nSPS) is 9.10. The predicted octanol–water partition coefficient (Wildman–Crippen LogP) is 0.333. The van der Waals surface area contributed by atoms with Crippen LogP contribution in [0.2, 0.25) is 0 Å². The highest BCUT2D eigenvalue weighted by Crippen LogP contribution is 1.91. The van der Waals surface area contributed by atoms with Gasteiger partial charge in [-0.15, -0.1) is 0 Å². The molecule has 0 aliphatic rings. The number of imide groups is 1. The summed E-state index contributed by atoms with van der Waals surface area (Å²) < 4.78 is 0. The monoisotopic (exact) mass is 145 g/mol. The molecule has 58 valence electrons. The first kappa shape index (κ1) is 9.10. The molecule has 0 N–H and O–H groups in total. The predicted molar refractivity (Wildman–Crippen MR) is 34.8 cm³/mol. The molecule has 0 heterocycles. The van der Waals surface area contributed by atoms with Crippen molar-refractivity contribution in [1.29, 1.82) is 0 Å². The second kappa shape index (κ2) is 4.00. The lowest BCUT2D eigenvalue weighted by molar-refractivity contribution is -0.190. The van der Waals surface area contributed by atoms with Crippen LogP contribution in [0.3, 0.4) is 0 Å². The van der Waals surface area contributed by atoms with Crippen LogP contribution >= 0.6 is 0 Å². The van der Waals surface area contributed by atoms with Crippen LogP contribution in [0, 0.1) is 0 Å². The molecule has 10 heavy (non-hydrogen) atoms. The molecule has 0 aliphatic carbocycles. The first-order valence-electron chi connectivity index (χ1n) is 3.03. The van der Waals surface area contributed by atoms with E-state index in [0.29, 0.717) is 6.61 Å². The number of hydrogen-bond acceptors (Lipinski definition) is 3. The van der Waals surface area contributed by atoms with Crippen LogP contribution in [0.5, 0.6) is 0 Å². The molecule has 2 amide bonds. The summed E-state index contributed by atoms with van der Waals surface area (Å²) in [5.74, 6) is -0.788. The first-order valence-corrected chi connectivity index (χ1v) is 3.03. The molecule has 0 radical (unpaired) electrons. The van der Waals surface area contributed by atoms with Crippen molar-refractivity contribution in [2.24, 2.45) is 0 Å². The van der Waals surface area contributed by atoms with Gasteiger partial charge in [0.05, 0.1) is 6.61 Å². The zero-order valence-electron chi connectivity index (χ0n) is 6.38. The van der Waals surface area contributed by atoms with Gasteiger partial charge in [-0.25, -0.2) is 0 Å². The van der Waals surface area contributed by atoms with E-state index in [1.54, 1.807) is 6.92 Å². The van der Waals surface area contributed by atoms with Crippen molar-refractivity contribution in [3.05, 3.63) is 0 Å². The van der Waals surface area contributed by atoms with E-state index in [9.17, 15) is 9.59 Å². The molecule has 0 atom stereocenters. The molecule has 0 aromatic rings. The molecule has 0 fully saturated rings. The summed E-state index contributed by atoms with van der Waals surface area (Å²) in [6.45, 7) is 4.58. The highest BCUT2D eigenvalue weighted by Gasteiger charge is 2.12. The minimum atomic E-state index is -0.394. The van der Waals surface area contributed by atoms with E-state index < -0.39 is 11.8 Å². The second-order valence-electron chi connectivity index (χ2n) is 1.75. The molecule has 0 saturated heterocycles. The van der Waals surface area contributed by atoms with Crippen LogP contribution in [-0.4, -0.2) is 23.5 Å². The molecule has 0 saturated carbocycles. The Hall–Kier alpha value is -0.900. The van der Waals surface area contributed by atoms with Crippen LogP contribution in [0.1, 0.15) is 20.8 Å². The third-order valence-corrected chi connectivity index (χ3v) is 0.830. The third-order valence-electron chi connectivity index (χ3n) is 0.830. The fourth-order valence-corrected chi connectivity index (χ4v) is 0.533. The van der Waals surface area contributed by atoms with Gasteiger partial charge in [-0.05, 0) is 6.92 Å². The topological polar surface area (TPSA) is 46.6 Å². The van der Waals surface area contributed by atoms with E-state index in [1.807, 2.05) is 0 Å². The zero-order valence-corrected chi connectivity index (χ0v) is 6.38. The standard InChI is InChI=1S/C6H11NO3/c1-4-10-7(5(2)8)6(3)9/h4H2,1-3H3. The average molecular weight is 145 g/mol. The molecule has 0 aliphatic heterocycles. The van der Waals surface area contributed by atoms with Gasteiger partial charge < -0.3 is 0 Å². The summed E-state index contributed by atoms with van der Waals surface area (Å²) in [4.78, 5) is 25.8. The van der Waals surface area contributed by atoms with E-state index in [0.717, 1.165) is 5.06 Å². The highest BCUT2D eigenvalue weighted by atomic mass is 16.7. The fraction of sp³-hybridized carbons (Fsp3) is 0.667. The van der Waals surface area contributed by atoms with Crippen molar-refractivity contribution in [1.82, 2.24) is 5.06 Å². The van der Waals surface area contributed by atoms with Crippen molar-refractivity contribution >= 4 is 11.8 Å². The van der Waals surface area contributed by atoms with Crippen LogP contribution in [0.4, 0.5) is 0 Å². The van der Waals surface area contributed by atoms with Crippen molar-refractivity contribution < 1.29 is 14.4 Å². The number of hydrogen-bond donors (Lipinski definition) is 0. The summed E-state index contributed by atoms with van der Waals surface area (Å²) in [6.07, 6.45) is 0. The molecule has 0 aromatic carbocycles. The summed E-state index contributed by atoms with van der Waals surface area (Å²) in [5, 5.41) is 0.736. The van der Waals surface area contributed by atoms with E-state index in [2.05, 4.69) is 0 Å². The number of nitrogens with zero attached hydrogens (tertiary/aromatic N) is 1. The molecular formula is C6H11NO3. The van der Waals surface area contributed by atoms with Gasteiger partial charge in [-0.1, -0.05) is 0 Å². The molecule has 4 nitrogen and oxygen atoms in total. The lowest BCUT2D eigenvalue weighted by atomic mass is 10.6. The number of hydroxylamine groups is 2. The van der Waals surface area contributed by atoms with Crippen LogP contribution < -0.4 is 0 Å². The Labute approximate surface area is 59.7 Å². The van der Waals surface area contributed by atoms with E-state index in [-0.39, 0.29) is 0 Å². The number of carbonyl (C=O) groups is 2. The number of amides is 2. The van der Waals surface area contributed by atoms with Gasteiger partial charge in [0.25, 0.3) is 0 Å². The van der Waals surface area contributed by atoms with Crippen LogP contribution in [0.15, 0.2) is 0 Å². The average Bonchev–Trinajstić information content (AvgIpc) is 1.81. The Balaban J connectivity index is 3.98. The smallest absolute Gasteiger partial charge is 0.250 e. The molecular weight excluding hydrogens is 134 g/mol.